The van der Waals surface area contributed by atoms with Crippen LogP contribution in [-0.2, 0) is 9.53 Å². The molecule has 0 aliphatic heterocycles. The highest BCUT2D eigenvalue weighted by Crippen LogP contribution is 2.29. The quantitative estimate of drug-likeness (QED) is 0.398. The number of ether oxygens (including phenoxy) is 1. The molecule has 0 saturated heterocycles. The number of aliphatic carboxylic acids is 1. The lowest BCUT2D eigenvalue weighted by Gasteiger charge is -2.32. The van der Waals surface area contributed by atoms with Crippen LogP contribution in [0.15, 0.2) is 16.4 Å². The van der Waals surface area contributed by atoms with Gasteiger partial charge in [0.25, 0.3) is 0 Å². The maximum absolute atomic E-state index is 10.8. The summed E-state index contributed by atoms with van der Waals surface area (Å²) in [5.74, 6) is -1.13. The molecule has 8 nitrogen and oxygen atoms in total. The fourth-order valence-electron chi connectivity index (χ4n) is 1.90. The van der Waals surface area contributed by atoms with Gasteiger partial charge in [0.2, 0.25) is 0 Å². The molecule has 6 N–H and O–H groups in total. The number of carbonyl (C=O) groups is 1. The Bertz CT molecular complexity index is 419. The molecule has 0 spiro atoms. The van der Waals surface area contributed by atoms with Crippen LogP contribution in [0, 0.1) is 0 Å². The molecule has 0 aromatic rings. The Hall–Kier alpha value is -1.64. The van der Waals surface area contributed by atoms with Crippen molar-refractivity contribution in [1.82, 2.24) is 0 Å². The molecular weight excluding hydrogens is 256 g/mol. The zero-order chi connectivity index (χ0) is 14.6. The molecule has 108 valence electrons. The lowest BCUT2D eigenvalue weighted by atomic mass is 9.85. The molecule has 1 unspecified atom stereocenters. The Balaban J connectivity index is 3.18. The number of aliphatic hydroxyl groups excluding tert-OH is 2. The monoisotopic (exact) mass is 274 g/mol. The van der Waals surface area contributed by atoms with Crippen molar-refractivity contribution in [3.63, 3.8) is 0 Å². The van der Waals surface area contributed by atoms with E-state index in [1.54, 1.807) is 0 Å². The van der Waals surface area contributed by atoms with Gasteiger partial charge in [0.05, 0.1) is 37.3 Å². The van der Waals surface area contributed by atoms with Crippen LogP contribution in [0.3, 0.4) is 0 Å². The molecule has 8 heteroatoms. The molecule has 0 bridgehead atoms. The van der Waals surface area contributed by atoms with Crippen LogP contribution in [0.1, 0.15) is 12.8 Å². The van der Waals surface area contributed by atoms with Crippen LogP contribution < -0.4 is 5.73 Å². The van der Waals surface area contributed by atoms with Gasteiger partial charge >= 0.3 is 5.97 Å². The minimum absolute atomic E-state index is 0.00254. The number of carboxylic acids is 1. The van der Waals surface area contributed by atoms with Crippen molar-refractivity contribution in [3.8, 4) is 0 Å². The molecule has 0 amide bonds. The summed E-state index contributed by atoms with van der Waals surface area (Å²) in [5.41, 5.74) is 4.51. The lowest BCUT2D eigenvalue weighted by molar-refractivity contribution is -0.139. The maximum atomic E-state index is 10.8. The van der Waals surface area contributed by atoms with E-state index in [1.165, 1.54) is 7.11 Å². The van der Waals surface area contributed by atoms with Gasteiger partial charge in [0, 0.05) is 12.8 Å². The summed E-state index contributed by atoms with van der Waals surface area (Å²) < 4.78 is 5.04. The number of methoxy groups -OCH3 is 1. The molecular formula is C11H18N2O6. The Morgan fingerprint density at radius 3 is 2.58 bits per heavy atom. The molecule has 0 aromatic heterocycles. The van der Waals surface area contributed by atoms with Crippen LogP contribution >= 0.6 is 0 Å². The highest BCUT2D eigenvalue weighted by Gasteiger charge is 2.37. The van der Waals surface area contributed by atoms with E-state index in [0.717, 1.165) is 0 Å². The Kier molecular flexibility index (Phi) is 4.87. The van der Waals surface area contributed by atoms with Gasteiger partial charge in [-0.1, -0.05) is 0 Å². The van der Waals surface area contributed by atoms with Crippen molar-refractivity contribution in [1.29, 1.82) is 0 Å². The third-order valence-electron chi connectivity index (χ3n) is 2.84. The highest BCUT2D eigenvalue weighted by molar-refractivity contribution is 6.01. The van der Waals surface area contributed by atoms with E-state index in [-0.39, 0.29) is 30.0 Å². The van der Waals surface area contributed by atoms with Crippen LogP contribution in [0.25, 0.3) is 0 Å². The third-order valence-corrected chi connectivity index (χ3v) is 2.84. The summed E-state index contributed by atoms with van der Waals surface area (Å²) in [6, 6.07) is -1.37. The van der Waals surface area contributed by atoms with Gasteiger partial charge < -0.3 is 30.9 Å². The first-order chi connectivity index (χ1) is 8.86. The zero-order valence-corrected chi connectivity index (χ0v) is 10.5. The summed E-state index contributed by atoms with van der Waals surface area (Å²) in [5, 5.41) is 37.0. The van der Waals surface area contributed by atoms with E-state index in [4.69, 9.17) is 25.8 Å². The number of nitrogens with two attached hydrogens (primary N) is 1. The van der Waals surface area contributed by atoms with Gasteiger partial charge in [-0.2, -0.15) is 0 Å². The molecule has 2 atom stereocenters. The predicted molar refractivity (Wildman–Crippen MR) is 65.4 cm³/mol. The van der Waals surface area contributed by atoms with Gasteiger partial charge in [-0.15, -0.1) is 0 Å². The van der Waals surface area contributed by atoms with E-state index in [2.05, 4.69) is 4.99 Å². The molecule has 0 saturated carbocycles. The average molecular weight is 274 g/mol. The topological polar surface area (TPSA) is 146 Å². The van der Waals surface area contributed by atoms with Crippen LogP contribution in [0.2, 0.25) is 0 Å². The van der Waals surface area contributed by atoms with E-state index >= 15 is 0 Å². The lowest BCUT2D eigenvalue weighted by Crippen LogP contribution is -2.43. The fourth-order valence-corrected chi connectivity index (χ4v) is 1.90. The van der Waals surface area contributed by atoms with E-state index < -0.39 is 30.8 Å². The van der Waals surface area contributed by atoms with E-state index in [0.29, 0.717) is 0 Å². The SMILES string of the molecule is COC1=C(N)C[C@](O)(CO)CC1=NC(CO)C(=O)O. The average Bonchev–Trinajstić information content (AvgIpc) is 2.35. The molecule has 0 fully saturated rings. The maximum Gasteiger partial charge on any atom is 0.330 e. The minimum Gasteiger partial charge on any atom is -0.493 e. The van der Waals surface area contributed by atoms with Gasteiger partial charge in [-0.05, 0) is 0 Å². The number of nitrogens with zero attached hydrogens (tertiary/aromatic N) is 1. The summed E-state index contributed by atoms with van der Waals surface area (Å²) in [6.45, 7) is -1.23. The Labute approximate surface area is 109 Å². The van der Waals surface area contributed by atoms with Crippen molar-refractivity contribution in [2.45, 2.75) is 24.5 Å². The standard InChI is InChI=1S/C11H18N2O6/c1-19-9-6(12)2-11(18,5-15)3-7(9)13-8(4-14)10(16)17/h8,14-15,18H,2-5,12H2,1H3,(H,16,17)/t8?,11-/m1/s1. The summed E-state index contributed by atoms with van der Waals surface area (Å²) in [7, 11) is 1.34. The number of hydrogen-bond donors (Lipinski definition) is 5. The molecule has 1 aliphatic carbocycles. The molecule has 0 radical (unpaired) electrons. The first-order valence-electron chi connectivity index (χ1n) is 5.63. The Morgan fingerprint density at radius 1 is 1.53 bits per heavy atom. The van der Waals surface area contributed by atoms with Crippen molar-refractivity contribution in [2.24, 2.45) is 10.7 Å². The first-order valence-corrected chi connectivity index (χ1v) is 5.63. The number of hydrogen-bond acceptors (Lipinski definition) is 7. The minimum atomic E-state index is -1.50. The van der Waals surface area contributed by atoms with Gasteiger partial charge in [-0.25, -0.2) is 4.79 Å². The smallest absolute Gasteiger partial charge is 0.330 e. The predicted octanol–water partition coefficient (Wildman–Crippen LogP) is -1.79. The van der Waals surface area contributed by atoms with Gasteiger partial charge in [-0.3, -0.25) is 4.99 Å². The van der Waals surface area contributed by atoms with Crippen LogP contribution in [0.5, 0.6) is 0 Å². The van der Waals surface area contributed by atoms with E-state index in [9.17, 15) is 9.90 Å². The number of aliphatic hydroxyl groups is 3. The Morgan fingerprint density at radius 2 is 2.16 bits per heavy atom. The molecule has 1 aliphatic rings. The summed E-state index contributed by atoms with van der Waals surface area (Å²) >= 11 is 0. The van der Waals surface area contributed by atoms with Crippen molar-refractivity contribution < 1.29 is 30.0 Å². The number of rotatable bonds is 5. The normalized spacial score (nSPS) is 27.5. The van der Waals surface area contributed by atoms with Gasteiger partial charge in [0.15, 0.2) is 11.8 Å². The summed E-state index contributed by atoms with van der Waals surface area (Å²) in [4.78, 5) is 14.7. The zero-order valence-electron chi connectivity index (χ0n) is 10.5. The van der Waals surface area contributed by atoms with Crippen LogP contribution in [-0.4, -0.2) is 64.1 Å². The van der Waals surface area contributed by atoms with Crippen LogP contribution in [0.4, 0.5) is 0 Å². The van der Waals surface area contributed by atoms with Gasteiger partial charge in [0.1, 0.15) is 0 Å². The largest absolute Gasteiger partial charge is 0.493 e. The second kappa shape index (κ2) is 6.00. The fraction of sp³-hybridized carbons (Fsp3) is 0.636. The first kappa shape index (κ1) is 15.4. The molecule has 0 aromatic carbocycles. The second-order valence-electron chi connectivity index (χ2n) is 4.41. The summed E-state index contributed by atoms with van der Waals surface area (Å²) in [6.07, 6.45) is -0.0975. The number of carboxylic acid groups (broad SMARTS) is 1. The molecule has 0 heterocycles. The molecule has 19 heavy (non-hydrogen) atoms. The van der Waals surface area contributed by atoms with Crippen molar-refractivity contribution >= 4 is 11.7 Å². The second-order valence-corrected chi connectivity index (χ2v) is 4.41. The number of aliphatic imine (C=N–C) groups is 1. The number of allylic oxidation sites excluding steroid dienone is 1. The highest BCUT2D eigenvalue weighted by atomic mass is 16.5. The third kappa shape index (κ3) is 3.43. The van der Waals surface area contributed by atoms with E-state index in [1.807, 2.05) is 0 Å². The van der Waals surface area contributed by atoms with Crippen molar-refractivity contribution in [2.75, 3.05) is 20.3 Å². The molecule has 1 rings (SSSR count). The van der Waals surface area contributed by atoms with Crippen molar-refractivity contribution in [3.05, 3.63) is 11.5 Å².